The standard InChI is InChI=1S/C19H25NO5/c1-10(2)19(23)24-9-15(21)25-17-11-7-13-14(8-11)18(22)20(16(13)17)12-5-3-4-6-12/h11-14,16-17H,1,3-9H2,2H3. The number of hydrogen-bond acceptors (Lipinski definition) is 5. The fourth-order valence-corrected chi connectivity index (χ4v) is 5.47. The first kappa shape index (κ1) is 16.6. The highest BCUT2D eigenvalue weighted by Gasteiger charge is 2.65. The van der Waals surface area contributed by atoms with Gasteiger partial charge in [-0.15, -0.1) is 0 Å². The largest absolute Gasteiger partial charge is 0.457 e. The molecule has 4 fully saturated rings. The highest BCUT2D eigenvalue weighted by Crippen LogP contribution is 2.57. The van der Waals surface area contributed by atoms with Gasteiger partial charge >= 0.3 is 11.9 Å². The van der Waals surface area contributed by atoms with Crippen LogP contribution in [0, 0.1) is 17.8 Å². The zero-order chi connectivity index (χ0) is 17.7. The smallest absolute Gasteiger partial charge is 0.344 e. The summed E-state index contributed by atoms with van der Waals surface area (Å²) in [5.74, 6) is -0.128. The highest BCUT2D eigenvalue weighted by atomic mass is 16.6. The molecule has 6 heteroatoms. The number of ether oxygens (including phenoxy) is 2. The van der Waals surface area contributed by atoms with E-state index in [0.29, 0.717) is 12.0 Å². The normalized spacial score (nSPS) is 36.1. The lowest BCUT2D eigenvalue weighted by Crippen LogP contribution is -2.48. The van der Waals surface area contributed by atoms with Crippen LogP contribution in [0.2, 0.25) is 0 Å². The summed E-state index contributed by atoms with van der Waals surface area (Å²) in [7, 11) is 0. The van der Waals surface area contributed by atoms with Gasteiger partial charge in [-0.2, -0.15) is 0 Å². The first-order chi connectivity index (χ1) is 12.0. The Hall–Kier alpha value is -1.85. The molecule has 0 aromatic rings. The number of carbonyl (C=O) groups is 3. The van der Waals surface area contributed by atoms with E-state index in [0.717, 1.165) is 25.7 Å². The Morgan fingerprint density at radius 2 is 1.96 bits per heavy atom. The predicted molar refractivity (Wildman–Crippen MR) is 88.2 cm³/mol. The zero-order valence-electron chi connectivity index (χ0n) is 14.6. The molecule has 0 aromatic heterocycles. The minimum atomic E-state index is -0.589. The maximum Gasteiger partial charge on any atom is 0.344 e. The van der Waals surface area contributed by atoms with Crippen LogP contribution < -0.4 is 0 Å². The number of carbonyl (C=O) groups excluding carboxylic acids is 3. The van der Waals surface area contributed by atoms with Crippen LogP contribution in [0.3, 0.4) is 0 Å². The van der Waals surface area contributed by atoms with E-state index >= 15 is 0 Å². The van der Waals surface area contributed by atoms with E-state index in [2.05, 4.69) is 11.5 Å². The molecule has 1 heterocycles. The number of nitrogens with zero attached hydrogens (tertiary/aromatic N) is 1. The molecule has 25 heavy (non-hydrogen) atoms. The molecule has 6 nitrogen and oxygen atoms in total. The van der Waals surface area contributed by atoms with E-state index in [1.54, 1.807) is 0 Å². The van der Waals surface area contributed by atoms with Crippen molar-refractivity contribution in [2.75, 3.05) is 6.61 Å². The van der Waals surface area contributed by atoms with E-state index in [-0.39, 0.29) is 35.5 Å². The van der Waals surface area contributed by atoms with Crippen LogP contribution in [0.4, 0.5) is 0 Å². The van der Waals surface area contributed by atoms with Gasteiger partial charge in [0.15, 0.2) is 6.61 Å². The lowest BCUT2D eigenvalue weighted by Gasteiger charge is -2.35. The van der Waals surface area contributed by atoms with E-state index in [1.165, 1.54) is 19.8 Å². The fourth-order valence-electron chi connectivity index (χ4n) is 5.47. The molecule has 1 amide bonds. The van der Waals surface area contributed by atoms with Gasteiger partial charge in [-0.25, -0.2) is 9.59 Å². The summed E-state index contributed by atoms with van der Waals surface area (Å²) in [5, 5.41) is 0. The first-order valence-corrected chi connectivity index (χ1v) is 9.31. The van der Waals surface area contributed by atoms with Gasteiger partial charge in [0.1, 0.15) is 6.10 Å². The SMILES string of the molecule is C=C(C)C(=O)OCC(=O)OC1C2CC3C(=O)N(C4CCCC4)C1C3C2. The van der Waals surface area contributed by atoms with Crippen LogP contribution in [0.25, 0.3) is 0 Å². The molecule has 3 saturated carbocycles. The molecule has 3 aliphatic carbocycles. The Labute approximate surface area is 147 Å². The number of amides is 1. The van der Waals surface area contributed by atoms with E-state index < -0.39 is 18.5 Å². The van der Waals surface area contributed by atoms with Crippen molar-refractivity contribution in [1.29, 1.82) is 0 Å². The molecule has 2 bridgehead atoms. The number of fused-ring (bicyclic) bond motifs is 1. The second-order valence-corrected chi connectivity index (χ2v) is 7.99. The van der Waals surface area contributed by atoms with Crippen molar-refractivity contribution in [3.8, 4) is 0 Å². The van der Waals surface area contributed by atoms with Crippen molar-refractivity contribution in [3.05, 3.63) is 12.2 Å². The van der Waals surface area contributed by atoms with Crippen LogP contribution in [-0.2, 0) is 23.9 Å². The molecule has 0 aromatic carbocycles. The number of rotatable bonds is 5. The van der Waals surface area contributed by atoms with Gasteiger partial charge in [0.2, 0.25) is 5.91 Å². The van der Waals surface area contributed by atoms with Crippen LogP contribution in [0.1, 0.15) is 45.4 Å². The molecule has 4 rings (SSSR count). The van der Waals surface area contributed by atoms with Crippen LogP contribution in [0.15, 0.2) is 12.2 Å². The van der Waals surface area contributed by atoms with Gasteiger partial charge in [0, 0.05) is 17.5 Å². The highest BCUT2D eigenvalue weighted by molar-refractivity contribution is 5.88. The van der Waals surface area contributed by atoms with E-state index in [4.69, 9.17) is 9.47 Å². The minimum Gasteiger partial charge on any atom is -0.457 e. The van der Waals surface area contributed by atoms with Crippen molar-refractivity contribution in [2.24, 2.45) is 17.8 Å². The number of esters is 2. The molecule has 0 spiro atoms. The quantitative estimate of drug-likeness (QED) is 0.560. The summed E-state index contributed by atoms with van der Waals surface area (Å²) >= 11 is 0. The summed E-state index contributed by atoms with van der Waals surface area (Å²) in [5.41, 5.74) is 0.254. The van der Waals surface area contributed by atoms with Gasteiger partial charge in [-0.3, -0.25) is 4.79 Å². The Morgan fingerprint density at radius 1 is 1.24 bits per heavy atom. The molecule has 5 unspecified atom stereocenters. The molecule has 5 atom stereocenters. The Morgan fingerprint density at radius 3 is 2.64 bits per heavy atom. The lowest BCUT2D eigenvalue weighted by molar-refractivity contribution is -0.165. The predicted octanol–water partition coefficient (Wildman–Crippen LogP) is 1.83. The molecular weight excluding hydrogens is 322 g/mol. The summed E-state index contributed by atoms with van der Waals surface area (Å²) in [6.45, 7) is 4.63. The fraction of sp³-hybridized carbons (Fsp3) is 0.737. The first-order valence-electron chi connectivity index (χ1n) is 9.31. The molecule has 4 aliphatic rings. The van der Waals surface area contributed by atoms with E-state index in [1.807, 2.05) is 0 Å². The number of likely N-dealkylation sites (tertiary alicyclic amines) is 1. The zero-order valence-corrected chi connectivity index (χ0v) is 14.6. The molecule has 1 aliphatic heterocycles. The maximum atomic E-state index is 12.8. The monoisotopic (exact) mass is 347 g/mol. The third-order valence-electron chi connectivity index (χ3n) is 6.44. The summed E-state index contributed by atoms with van der Waals surface area (Å²) in [6.07, 6.45) is 6.00. The second-order valence-electron chi connectivity index (χ2n) is 7.99. The van der Waals surface area contributed by atoms with Crippen molar-refractivity contribution < 1.29 is 23.9 Å². The van der Waals surface area contributed by atoms with Crippen molar-refractivity contribution >= 4 is 17.8 Å². The van der Waals surface area contributed by atoms with Gasteiger partial charge < -0.3 is 14.4 Å². The van der Waals surface area contributed by atoms with Crippen molar-refractivity contribution in [1.82, 2.24) is 4.90 Å². The minimum absolute atomic E-state index is 0.0279. The summed E-state index contributed by atoms with van der Waals surface area (Å²) < 4.78 is 10.6. The van der Waals surface area contributed by atoms with Crippen LogP contribution >= 0.6 is 0 Å². The van der Waals surface area contributed by atoms with Gasteiger partial charge in [0.05, 0.1) is 6.04 Å². The molecule has 136 valence electrons. The Kier molecular flexibility index (Phi) is 4.08. The topological polar surface area (TPSA) is 72.9 Å². The molecule has 0 radical (unpaired) electrons. The van der Waals surface area contributed by atoms with Crippen LogP contribution in [0.5, 0.6) is 0 Å². The maximum absolute atomic E-state index is 12.8. The van der Waals surface area contributed by atoms with Gasteiger partial charge in [0.25, 0.3) is 0 Å². The average Bonchev–Trinajstić information content (AvgIpc) is 3.31. The number of hydrogen-bond donors (Lipinski definition) is 0. The third kappa shape index (κ3) is 2.66. The van der Waals surface area contributed by atoms with Gasteiger partial charge in [-0.05, 0) is 44.4 Å². The second kappa shape index (κ2) is 6.15. The third-order valence-corrected chi connectivity index (χ3v) is 6.44. The Balaban J connectivity index is 1.44. The van der Waals surface area contributed by atoms with Crippen molar-refractivity contribution in [2.45, 2.75) is 63.6 Å². The molecular formula is C19H25NO5. The Bertz CT molecular complexity index is 623. The van der Waals surface area contributed by atoms with Gasteiger partial charge in [-0.1, -0.05) is 19.4 Å². The molecule has 0 N–H and O–H groups in total. The van der Waals surface area contributed by atoms with Crippen molar-refractivity contribution in [3.63, 3.8) is 0 Å². The summed E-state index contributed by atoms with van der Waals surface area (Å²) in [4.78, 5) is 38.5. The lowest BCUT2D eigenvalue weighted by atomic mass is 9.87. The molecule has 1 saturated heterocycles. The summed E-state index contributed by atoms with van der Waals surface area (Å²) in [6, 6.07) is 0.337. The van der Waals surface area contributed by atoms with Crippen LogP contribution in [-0.4, -0.2) is 47.5 Å². The average molecular weight is 347 g/mol. The van der Waals surface area contributed by atoms with E-state index in [9.17, 15) is 14.4 Å².